The summed E-state index contributed by atoms with van der Waals surface area (Å²) in [5.74, 6) is -0.915. The molecule has 2 N–H and O–H groups in total. The summed E-state index contributed by atoms with van der Waals surface area (Å²) in [6.07, 6.45) is -0.952. The summed E-state index contributed by atoms with van der Waals surface area (Å²) in [5.41, 5.74) is 3.13. The number of nitrogens with one attached hydrogen (secondary N) is 2. The van der Waals surface area contributed by atoms with Crippen LogP contribution in [-0.4, -0.2) is 18.1 Å². The van der Waals surface area contributed by atoms with Crippen molar-refractivity contribution in [2.45, 2.75) is 31.5 Å². The van der Waals surface area contributed by atoms with Crippen LogP contribution in [0.3, 0.4) is 0 Å². The maximum absolute atomic E-state index is 13.4. The number of nitrogens with zero attached hydrogens (tertiary/aromatic N) is 1. The van der Waals surface area contributed by atoms with Gasteiger partial charge in [0.25, 0.3) is 5.91 Å². The molecule has 178 valence electrons. The Balaban J connectivity index is 0.00000304. The lowest BCUT2D eigenvalue weighted by Gasteiger charge is -2.17. The summed E-state index contributed by atoms with van der Waals surface area (Å²) < 4.78 is 35.8. The van der Waals surface area contributed by atoms with Gasteiger partial charge >= 0.3 is 6.29 Å². The van der Waals surface area contributed by atoms with E-state index in [2.05, 4.69) is 20.1 Å². The summed E-state index contributed by atoms with van der Waals surface area (Å²) in [6.45, 7) is 1.91. The zero-order valence-electron chi connectivity index (χ0n) is 18.5. The van der Waals surface area contributed by atoms with Crippen LogP contribution in [0, 0.1) is 18.4 Å². The molecule has 0 saturated heterocycles. The lowest BCUT2D eigenvalue weighted by atomic mass is 9.94. The smallest absolute Gasteiger partial charge is 0.395 e. The third-order valence-electron chi connectivity index (χ3n) is 6.24. The molecule has 0 atom stereocenters. The first-order valence-electron chi connectivity index (χ1n) is 10.8. The Morgan fingerprint density at radius 3 is 2.54 bits per heavy atom. The van der Waals surface area contributed by atoms with Gasteiger partial charge in [-0.15, -0.1) is 8.78 Å². The Bertz CT molecular complexity index is 1420. The number of fused-ring (bicyclic) bond motifs is 1. The van der Waals surface area contributed by atoms with Gasteiger partial charge in [-0.25, -0.2) is 0 Å². The van der Waals surface area contributed by atoms with Crippen LogP contribution in [0.4, 0.5) is 14.5 Å². The summed E-state index contributed by atoms with van der Waals surface area (Å²) in [6, 6.07) is 16.7. The minimum atomic E-state index is -3.72. The van der Waals surface area contributed by atoms with Crippen LogP contribution in [0.5, 0.6) is 11.5 Å². The molecule has 0 aromatic heterocycles. The minimum Gasteiger partial charge on any atom is -0.395 e. The number of hydrogen-bond donors (Lipinski definition) is 2. The van der Waals surface area contributed by atoms with Crippen molar-refractivity contribution >= 4 is 17.5 Å². The number of hydrogen-bond acceptors (Lipinski definition) is 5. The molecule has 2 aliphatic rings. The van der Waals surface area contributed by atoms with E-state index < -0.39 is 17.6 Å². The van der Waals surface area contributed by atoms with E-state index in [1.165, 1.54) is 12.1 Å². The molecule has 1 aliphatic heterocycles. The summed E-state index contributed by atoms with van der Waals surface area (Å²) >= 11 is 0. The SMILES string of the molecule is Cc1ccc(NC(=O)C2(c3ccc4c(c3)OC(F)(F)O4)CC2)cc1-c1cccc(C(=O)NC#N)c1.[HH]. The quantitative estimate of drug-likeness (QED) is 0.393. The lowest BCUT2D eigenvalue weighted by molar-refractivity contribution is -0.286. The molecule has 2 amide bonds. The van der Waals surface area contributed by atoms with Crippen molar-refractivity contribution < 1.29 is 29.3 Å². The number of alkyl halides is 2. The highest BCUT2D eigenvalue weighted by Gasteiger charge is 2.52. The van der Waals surface area contributed by atoms with Crippen molar-refractivity contribution in [3.63, 3.8) is 0 Å². The topological polar surface area (TPSA) is 100 Å². The summed E-state index contributed by atoms with van der Waals surface area (Å²) in [4.78, 5) is 25.3. The third kappa shape index (κ3) is 4.15. The van der Waals surface area contributed by atoms with Crippen molar-refractivity contribution in [3.8, 4) is 28.8 Å². The Hall–Kier alpha value is -4.45. The van der Waals surface area contributed by atoms with Crippen molar-refractivity contribution in [1.29, 1.82) is 5.26 Å². The molecule has 0 radical (unpaired) electrons. The van der Waals surface area contributed by atoms with Gasteiger partial charge in [0.1, 0.15) is 0 Å². The standard InChI is InChI=1S/C26H19F2N3O4.H2/c1-15-5-7-19(13-20(15)16-3-2-4-17(11-16)23(32)30-14-29)31-24(33)25(9-10-25)18-6-8-21-22(12-18)35-26(27,28)34-21;/h2-8,11-13H,9-10H2,1H3,(H,30,32)(H,31,33);1H. The van der Waals surface area contributed by atoms with E-state index in [1.54, 1.807) is 36.5 Å². The number of carbonyl (C=O) groups excluding carboxylic acids is 2. The number of ether oxygens (including phenoxy) is 2. The van der Waals surface area contributed by atoms with Crippen molar-refractivity contribution in [1.82, 2.24) is 5.32 Å². The van der Waals surface area contributed by atoms with Crippen LogP contribution in [0.25, 0.3) is 11.1 Å². The fraction of sp³-hybridized carbons (Fsp3) is 0.192. The highest BCUT2D eigenvalue weighted by atomic mass is 19.3. The molecule has 0 unspecified atom stereocenters. The van der Waals surface area contributed by atoms with E-state index >= 15 is 0 Å². The lowest BCUT2D eigenvalue weighted by Crippen LogP contribution is -2.28. The van der Waals surface area contributed by atoms with Gasteiger partial charge in [0.15, 0.2) is 17.7 Å². The first-order valence-corrected chi connectivity index (χ1v) is 10.8. The molecule has 35 heavy (non-hydrogen) atoms. The molecule has 1 fully saturated rings. The average molecular weight is 477 g/mol. The molecular formula is C26H21F2N3O4. The normalized spacial score (nSPS) is 16.2. The fourth-order valence-corrected chi connectivity index (χ4v) is 4.23. The molecule has 0 spiro atoms. The predicted molar refractivity (Wildman–Crippen MR) is 124 cm³/mol. The van der Waals surface area contributed by atoms with Crippen LogP contribution in [-0.2, 0) is 10.2 Å². The Kier molecular flexibility index (Phi) is 5.17. The molecule has 3 aromatic carbocycles. The van der Waals surface area contributed by atoms with Crippen LogP contribution < -0.4 is 20.1 Å². The monoisotopic (exact) mass is 477 g/mol. The van der Waals surface area contributed by atoms with E-state index in [1.807, 2.05) is 25.1 Å². The first-order chi connectivity index (χ1) is 16.7. The van der Waals surface area contributed by atoms with Gasteiger partial charge in [-0.3, -0.25) is 14.9 Å². The molecule has 1 aliphatic carbocycles. The molecule has 7 nitrogen and oxygen atoms in total. The maximum atomic E-state index is 13.4. The Labute approximate surface area is 200 Å². The van der Waals surface area contributed by atoms with E-state index in [4.69, 9.17) is 5.26 Å². The second-order valence-corrected chi connectivity index (χ2v) is 8.54. The third-order valence-corrected chi connectivity index (χ3v) is 6.24. The van der Waals surface area contributed by atoms with Crippen LogP contribution >= 0.6 is 0 Å². The molecule has 9 heteroatoms. The van der Waals surface area contributed by atoms with E-state index in [0.29, 0.717) is 29.7 Å². The van der Waals surface area contributed by atoms with Crippen molar-refractivity contribution in [3.05, 3.63) is 77.4 Å². The highest BCUT2D eigenvalue weighted by Crippen LogP contribution is 2.52. The molecule has 3 aromatic rings. The maximum Gasteiger partial charge on any atom is 0.586 e. The van der Waals surface area contributed by atoms with E-state index in [9.17, 15) is 18.4 Å². The van der Waals surface area contributed by atoms with Gasteiger partial charge in [0.05, 0.1) is 5.41 Å². The number of amides is 2. The number of nitriles is 1. The summed E-state index contributed by atoms with van der Waals surface area (Å²) in [7, 11) is 0. The van der Waals surface area contributed by atoms with Gasteiger partial charge < -0.3 is 14.8 Å². The predicted octanol–water partition coefficient (Wildman–Crippen LogP) is 5.11. The number of benzene rings is 3. The van der Waals surface area contributed by atoms with Gasteiger partial charge in [-0.2, -0.15) is 5.26 Å². The highest BCUT2D eigenvalue weighted by molar-refractivity contribution is 6.02. The molecule has 5 rings (SSSR count). The molecule has 0 bridgehead atoms. The van der Waals surface area contributed by atoms with Gasteiger partial charge in [-0.1, -0.05) is 24.3 Å². The molecule has 1 saturated carbocycles. The van der Waals surface area contributed by atoms with E-state index in [-0.39, 0.29) is 18.8 Å². The number of halogens is 2. The number of aryl methyl sites for hydroxylation is 1. The second kappa shape index (κ2) is 8.09. The largest absolute Gasteiger partial charge is 0.586 e. The van der Waals surface area contributed by atoms with Gasteiger partial charge in [0, 0.05) is 12.7 Å². The first kappa shape index (κ1) is 22.3. The van der Waals surface area contributed by atoms with Crippen LogP contribution in [0.15, 0.2) is 60.7 Å². The Morgan fingerprint density at radius 1 is 1.03 bits per heavy atom. The van der Waals surface area contributed by atoms with Crippen LogP contribution in [0.2, 0.25) is 0 Å². The minimum absolute atomic E-state index is 0. The Morgan fingerprint density at radius 2 is 1.80 bits per heavy atom. The summed E-state index contributed by atoms with van der Waals surface area (Å²) in [5, 5.41) is 13.7. The fourth-order valence-electron chi connectivity index (χ4n) is 4.23. The van der Waals surface area contributed by atoms with Gasteiger partial charge in [0.2, 0.25) is 5.91 Å². The van der Waals surface area contributed by atoms with Crippen molar-refractivity contribution in [2.75, 3.05) is 5.32 Å². The van der Waals surface area contributed by atoms with Crippen molar-refractivity contribution in [2.24, 2.45) is 0 Å². The number of carbonyl (C=O) groups is 2. The van der Waals surface area contributed by atoms with Crippen LogP contribution in [0.1, 0.15) is 35.8 Å². The zero-order valence-corrected chi connectivity index (χ0v) is 18.5. The average Bonchev–Trinajstić information content (AvgIpc) is 3.57. The molecular weight excluding hydrogens is 456 g/mol. The molecule has 1 heterocycles. The zero-order chi connectivity index (χ0) is 24.8. The number of rotatable bonds is 5. The second-order valence-electron chi connectivity index (χ2n) is 8.54. The number of anilines is 1. The van der Waals surface area contributed by atoms with Gasteiger partial charge in [-0.05, 0) is 78.4 Å². The van der Waals surface area contributed by atoms with E-state index in [0.717, 1.165) is 16.7 Å².